The number of fused-ring (bicyclic) bond motifs is 1. The number of Topliss-reactive ketones (excluding diaryl/α,β-unsaturated/α-hetero) is 1. The first-order valence-electron chi connectivity index (χ1n) is 7.99. The van der Waals surface area contributed by atoms with Crippen LogP contribution in [-0.2, 0) is 20.9 Å². The van der Waals surface area contributed by atoms with Gasteiger partial charge < -0.3 is 24.1 Å². The molecule has 0 aliphatic carbocycles. The highest BCUT2D eigenvalue weighted by atomic mass is 16.7. The van der Waals surface area contributed by atoms with Crippen LogP contribution in [0.15, 0.2) is 41.3 Å². The summed E-state index contributed by atoms with van der Waals surface area (Å²) in [6, 6.07) is 7.42. The van der Waals surface area contributed by atoms with Crippen molar-refractivity contribution in [1.29, 1.82) is 0 Å². The largest absolute Gasteiger partial charge is 0.454 e. The summed E-state index contributed by atoms with van der Waals surface area (Å²) in [4.78, 5) is 47.2. The van der Waals surface area contributed by atoms with Crippen molar-refractivity contribution in [2.24, 2.45) is 0 Å². The van der Waals surface area contributed by atoms with Gasteiger partial charge in [-0.2, -0.15) is 0 Å². The van der Waals surface area contributed by atoms with Gasteiger partial charge in [0.05, 0.1) is 5.69 Å². The molecule has 1 N–H and O–H groups in total. The maximum Gasteiger partial charge on any atom is 0.326 e. The molecule has 1 aliphatic heterocycles. The molecule has 0 spiro atoms. The van der Waals surface area contributed by atoms with Gasteiger partial charge in [0.1, 0.15) is 6.54 Å². The second-order valence-corrected chi connectivity index (χ2v) is 5.68. The van der Waals surface area contributed by atoms with E-state index in [1.54, 1.807) is 12.1 Å². The number of esters is 1. The van der Waals surface area contributed by atoms with Crippen LogP contribution in [0.25, 0.3) is 0 Å². The molecule has 9 nitrogen and oxygen atoms in total. The number of amides is 1. The van der Waals surface area contributed by atoms with E-state index in [9.17, 15) is 19.2 Å². The summed E-state index contributed by atoms with van der Waals surface area (Å²) >= 11 is 0. The summed E-state index contributed by atoms with van der Waals surface area (Å²) in [5.41, 5.74) is 0.118. The van der Waals surface area contributed by atoms with E-state index in [1.165, 1.54) is 31.3 Å². The van der Waals surface area contributed by atoms with Gasteiger partial charge in [0.15, 0.2) is 23.9 Å². The van der Waals surface area contributed by atoms with Gasteiger partial charge in [-0.05, 0) is 19.1 Å². The van der Waals surface area contributed by atoms with Gasteiger partial charge in [0, 0.05) is 23.9 Å². The molecule has 0 radical (unpaired) electrons. The van der Waals surface area contributed by atoms with Gasteiger partial charge in [-0.15, -0.1) is 0 Å². The molecule has 0 saturated carbocycles. The Morgan fingerprint density at radius 2 is 1.93 bits per heavy atom. The van der Waals surface area contributed by atoms with Crippen molar-refractivity contribution in [3.8, 4) is 11.5 Å². The first-order valence-corrected chi connectivity index (χ1v) is 7.99. The molecule has 0 bridgehead atoms. The van der Waals surface area contributed by atoms with Crippen molar-refractivity contribution >= 4 is 23.3 Å². The van der Waals surface area contributed by atoms with Gasteiger partial charge in [0.25, 0.3) is 11.5 Å². The number of benzene rings is 1. The lowest BCUT2D eigenvalue weighted by Gasteiger charge is -2.11. The van der Waals surface area contributed by atoms with Gasteiger partial charge >= 0.3 is 5.97 Å². The van der Waals surface area contributed by atoms with E-state index in [0.717, 1.165) is 4.57 Å². The highest BCUT2D eigenvalue weighted by molar-refractivity contribution is 6.05. The molecular formula is C18H16N2O7. The quantitative estimate of drug-likeness (QED) is 0.593. The second kappa shape index (κ2) is 7.73. The molecule has 2 aromatic rings. The minimum absolute atomic E-state index is 0.0283. The van der Waals surface area contributed by atoms with Gasteiger partial charge in [-0.25, -0.2) is 0 Å². The third-order valence-corrected chi connectivity index (χ3v) is 3.73. The predicted molar refractivity (Wildman–Crippen MR) is 92.9 cm³/mol. The molecule has 1 amide bonds. The Labute approximate surface area is 153 Å². The van der Waals surface area contributed by atoms with E-state index >= 15 is 0 Å². The van der Waals surface area contributed by atoms with E-state index in [2.05, 4.69) is 5.32 Å². The number of ketones is 1. The third-order valence-electron chi connectivity index (χ3n) is 3.73. The number of carbonyl (C=O) groups excluding carboxylic acids is 3. The normalized spacial score (nSPS) is 11.7. The van der Waals surface area contributed by atoms with Gasteiger partial charge in [-0.3, -0.25) is 19.2 Å². The van der Waals surface area contributed by atoms with Crippen LogP contribution < -0.4 is 20.3 Å². The molecule has 0 saturated heterocycles. The topological polar surface area (TPSA) is 113 Å². The van der Waals surface area contributed by atoms with Crippen LogP contribution in [0.3, 0.4) is 0 Å². The van der Waals surface area contributed by atoms with Crippen LogP contribution in [-0.4, -0.2) is 35.6 Å². The summed E-state index contributed by atoms with van der Waals surface area (Å²) in [7, 11) is 0. The van der Waals surface area contributed by atoms with E-state index in [-0.39, 0.29) is 35.9 Å². The smallest absolute Gasteiger partial charge is 0.326 e. The van der Waals surface area contributed by atoms with Crippen LogP contribution in [0, 0.1) is 0 Å². The number of aromatic nitrogens is 1. The molecule has 0 unspecified atom stereocenters. The molecule has 1 aromatic heterocycles. The van der Waals surface area contributed by atoms with E-state index < -0.39 is 18.5 Å². The number of hydrogen-bond acceptors (Lipinski definition) is 7. The number of nitrogens with one attached hydrogen (secondary N) is 1. The maximum absolute atomic E-state index is 12.1. The Bertz CT molecular complexity index is 964. The Kier molecular flexibility index (Phi) is 5.20. The van der Waals surface area contributed by atoms with Crippen molar-refractivity contribution in [3.63, 3.8) is 0 Å². The zero-order chi connectivity index (χ0) is 19.4. The Morgan fingerprint density at radius 1 is 1.19 bits per heavy atom. The first-order chi connectivity index (χ1) is 12.9. The molecule has 2 heterocycles. The van der Waals surface area contributed by atoms with E-state index in [4.69, 9.17) is 14.2 Å². The minimum Gasteiger partial charge on any atom is -0.454 e. The monoisotopic (exact) mass is 372 g/mol. The number of pyridine rings is 1. The Balaban J connectivity index is 1.61. The fraction of sp³-hybridized carbons (Fsp3) is 0.222. The highest BCUT2D eigenvalue weighted by Gasteiger charge is 2.20. The number of carbonyl (C=O) groups is 3. The molecular weight excluding hydrogens is 356 g/mol. The van der Waals surface area contributed by atoms with Crippen molar-refractivity contribution in [1.82, 2.24) is 4.57 Å². The van der Waals surface area contributed by atoms with Gasteiger partial charge in [0.2, 0.25) is 6.79 Å². The van der Waals surface area contributed by atoms with Crippen LogP contribution in [0.4, 0.5) is 5.69 Å². The summed E-state index contributed by atoms with van der Waals surface area (Å²) in [6.45, 7) is 0.507. The summed E-state index contributed by atoms with van der Waals surface area (Å²) in [5, 5.41) is 2.51. The van der Waals surface area contributed by atoms with Crippen molar-refractivity contribution in [2.75, 3.05) is 18.7 Å². The number of anilines is 1. The molecule has 0 atom stereocenters. The van der Waals surface area contributed by atoms with Crippen LogP contribution in [0.5, 0.6) is 11.5 Å². The fourth-order valence-corrected chi connectivity index (χ4v) is 2.45. The van der Waals surface area contributed by atoms with E-state index in [1.807, 2.05) is 0 Å². The van der Waals surface area contributed by atoms with Crippen molar-refractivity contribution in [3.05, 3.63) is 52.4 Å². The van der Waals surface area contributed by atoms with Crippen LogP contribution in [0.1, 0.15) is 17.3 Å². The fourth-order valence-electron chi connectivity index (χ4n) is 2.45. The number of rotatable bonds is 6. The molecule has 0 fully saturated rings. The Morgan fingerprint density at radius 3 is 2.63 bits per heavy atom. The molecule has 140 valence electrons. The molecule has 3 rings (SSSR count). The van der Waals surface area contributed by atoms with Gasteiger partial charge in [-0.1, -0.05) is 6.07 Å². The van der Waals surface area contributed by atoms with Crippen molar-refractivity contribution in [2.45, 2.75) is 13.5 Å². The number of nitrogens with zero attached hydrogens (tertiary/aromatic N) is 1. The Hall–Kier alpha value is -3.62. The highest BCUT2D eigenvalue weighted by Crippen LogP contribution is 2.37. The van der Waals surface area contributed by atoms with Crippen LogP contribution >= 0.6 is 0 Å². The van der Waals surface area contributed by atoms with Crippen molar-refractivity contribution < 1.29 is 28.6 Å². The predicted octanol–water partition coefficient (Wildman–Crippen LogP) is 0.961. The number of ether oxygens (including phenoxy) is 3. The average Bonchev–Trinajstić information content (AvgIpc) is 3.08. The zero-order valence-corrected chi connectivity index (χ0v) is 14.4. The second-order valence-electron chi connectivity index (χ2n) is 5.68. The molecule has 9 heteroatoms. The standard InChI is InChI=1S/C18H16N2O7/c1-11(21)12-6-14-15(27-10-26-14)7-13(12)19-16(22)9-25-18(24)8-20-5-3-2-4-17(20)23/h2-7H,8-10H2,1H3,(H,19,22). The lowest BCUT2D eigenvalue weighted by Crippen LogP contribution is -2.27. The lowest BCUT2D eigenvalue weighted by molar-refractivity contribution is -0.147. The summed E-state index contributed by atoms with van der Waals surface area (Å²) < 4.78 is 16.5. The number of hydrogen-bond donors (Lipinski definition) is 1. The van der Waals surface area contributed by atoms with E-state index in [0.29, 0.717) is 11.5 Å². The van der Waals surface area contributed by atoms with Crippen LogP contribution in [0.2, 0.25) is 0 Å². The SMILES string of the molecule is CC(=O)c1cc2c(cc1NC(=O)COC(=O)Cn1ccccc1=O)OCO2. The molecule has 1 aromatic carbocycles. The third kappa shape index (κ3) is 4.32. The zero-order valence-electron chi connectivity index (χ0n) is 14.4. The maximum atomic E-state index is 12.1. The molecule has 1 aliphatic rings. The first kappa shape index (κ1) is 18.2. The summed E-state index contributed by atoms with van der Waals surface area (Å²) in [5.74, 6) is -0.834. The minimum atomic E-state index is -0.740. The molecule has 27 heavy (non-hydrogen) atoms. The lowest BCUT2D eigenvalue weighted by atomic mass is 10.1. The summed E-state index contributed by atoms with van der Waals surface area (Å²) in [6.07, 6.45) is 1.44. The average molecular weight is 372 g/mol.